The van der Waals surface area contributed by atoms with Gasteiger partial charge in [-0.1, -0.05) is 31.8 Å². The Hall–Kier alpha value is -1.05. The zero-order chi connectivity index (χ0) is 12.8. The summed E-state index contributed by atoms with van der Waals surface area (Å²) >= 11 is -0.603. The molecule has 0 saturated carbocycles. The average molecular weight is 337 g/mol. The molecule has 0 aliphatic rings. The van der Waals surface area contributed by atoms with E-state index in [4.69, 9.17) is 10.5 Å². The van der Waals surface area contributed by atoms with E-state index in [0.29, 0.717) is 3.58 Å². The van der Waals surface area contributed by atoms with Crippen LogP contribution in [-0.2, 0) is 9.53 Å². The summed E-state index contributed by atoms with van der Waals surface area (Å²) in [5.41, 5.74) is 4.39. The number of nitrogens with two attached hydrogens (primary N) is 1. The number of ether oxygens (including phenoxy) is 1. The number of allylic oxidation sites excluding steroid dienone is 1. The van der Waals surface area contributed by atoms with Crippen LogP contribution < -0.4 is 5.73 Å². The van der Waals surface area contributed by atoms with E-state index in [0.717, 1.165) is 0 Å². The van der Waals surface area contributed by atoms with Crippen LogP contribution >= 0.6 is 20.7 Å². The van der Waals surface area contributed by atoms with Crippen LogP contribution in [0.15, 0.2) is 32.3 Å². The second-order valence-corrected chi connectivity index (χ2v) is 5.35. The molecule has 0 radical (unpaired) electrons. The zero-order valence-electron chi connectivity index (χ0n) is 9.66. The summed E-state index contributed by atoms with van der Waals surface area (Å²) in [4.78, 5) is 11.4. The van der Waals surface area contributed by atoms with Crippen molar-refractivity contribution in [2.24, 2.45) is 16.0 Å². The molecule has 0 aromatic rings. The van der Waals surface area contributed by atoms with E-state index >= 15 is 0 Å². The first kappa shape index (κ1) is 14.9. The summed E-state index contributed by atoms with van der Waals surface area (Å²) in [6, 6.07) is 0. The second-order valence-electron chi connectivity index (χ2n) is 3.29. The van der Waals surface area contributed by atoms with Crippen LogP contribution in [0.25, 0.3) is 0 Å². The van der Waals surface area contributed by atoms with Crippen LogP contribution in [0, 0.1) is 0 Å². The fraction of sp³-hybridized carbons (Fsp3) is 0.400. The topological polar surface area (TPSA) is 77.0 Å². The van der Waals surface area contributed by atoms with Gasteiger partial charge in [0, 0.05) is 0 Å². The highest BCUT2D eigenvalue weighted by atomic mass is 127. The van der Waals surface area contributed by atoms with Crippen LogP contribution in [0.2, 0.25) is 0 Å². The molecule has 0 aromatic carbocycles. The molecule has 0 aliphatic carbocycles. The molecule has 0 saturated heterocycles. The zero-order valence-corrected chi connectivity index (χ0v) is 11.8. The van der Waals surface area contributed by atoms with E-state index in [1.54, 1.807) is 26.8 Å². The Morgan fingerprint density at radius 1 is 1.56 bits per heavy atom. The number of azo groups is 1. The lowest BCUT2D eigenvalue weighted by molar-refractivity contribution is -0.150. The fourth-order valence-corrected chi connectivity index (χ4v) is 1.01. The van der Waals surface area contributed by atoms with Gasteiger partial charge >= 0.3 is 5.97 Å². The number of hydrogen-bond donors (Lipinski definition) is 1. The minimum absolute atomic E-state index is 0.271. The maximum absolute atomic E-state index is 11.4. The van der Waals surface area contributed by atoms with Gasteiger partial charge < -0.3 is 10.5 Å². The molecule has 0 rings (SSSR count). The quantitative estimate of drug-likeness (QED) is 0.362. The largest absolute Gasteiger partial charge is 0.432 e. The third kappa shape index (κ3) is 5.74. The Morgan fingerprint density at radius 2 is 2.12 bits per heavy atom. The molecule has 0 fully saturated rings. The molecule has 16 heavy (non-hydrogen) atoms. The number of esters is 1. The normalized spacial score (nSPS) is 12.8. The van der Waals surface area contributed by atoms with Crippen LogP contribution in [0.1, 0.15) is 20.8 Å². The van der Waals surface area contributed by atoms with Crippen molar-refractivity contribution in [3.8, 4) is 0 Å². The van der Waals surface area contributed by atoms with Crippen molar-refractivity contribution < 1.29 is 9.53 Å². The van der Waals surface area contributed by atoms with Crippen molar-refractivity contribution in [2.45, 2.75) is 26.5 Å². The maximum Gasteiger partial charge on any atom is 0.345 e. The first-order valence-electron chi connectivity index (χ1n) is 4.47. The van der Waals surface area contributed by atoms with Crippen LogP contribution in [0.5, 0.6) is 0 Å². The first-order valence-corrected chi connectivity index (χ1v) is 7.08. The minimum Gasteiger partial charge on any atom is -0.432 e. The number of halogens is 1. The molecule has 6 heteroatoms. The van der Waals surface area contributed by atoms with Crippen LogP contribution in [0.4, 0.5) is 0 Å². The summed E-state index contributed by atoms with van der Waals surface area (Å²) < 4.78 is 9.15. The lowest BCUT2D eigenvalue weighted by Gasteiger charge is -2.18. The Morgan fingerprint density at radius 3 is 2.56 bits per heavy atom. The predicted molar refractivity (Wildman–Crippen MR) is 73.3 cm³/mol. The van der Waals surface area contributed by atoms with Gasteiger partial charge in [-0.2, -0.15) is 0 Å². The van der Waals surface area contributed by atoms with Crippen molar-refractivity contribution >= 4 is 31.2 Å². The van der Waals surface area contributed by atoms with Crippen LogP contribution in [-0.4, -0.2) is 16.2 Å². The molecular weight excluding hydrogens is 321 g/mol. The highest BCUT2D eigenvalue weighted by Crippen LogP contribution is 2.18. The van der Waals surface area contributed by atoms with Gasteiger partial charge in [0.25, 0.3) is 0 Å². The van der Waals surface area contributed by atoms with Crippen molar-refractivity contribution in [1.82, 2.24) is 0 Å². The van der Waals surface area contributed by atoms with E-state index < -0.39 is 32.4 Å². The Kier molecular flexibility index (Phi) is 6.09. The molecule has 2 N–H and O–H groups in total. The van der Waals surface area contributed by atoms with Gasteiger partial charge in [-0.05, 0) is 26.8 Å². The van der Waals surface area contributed by atoms with Crippen molar-refractivity contribution in [3.63, 3.8) is 0 Å². The highest BCUT2D eigenvalue weighted by Gasteiger charge is 2.23. The lowest BCUT2D eigenvalue weighted by atomic mass is 10.3. The van der Waals surface area contributed by atoms with E-state index in [1.165, 1.54) is 0 Å². The Labute approximate surface area is 105 Å². The second kappa shape index (κ2) is 6.51. The number of rotatable bonds is 5. The van der Waals surface area contributed by atoms with Crippen molar-refractivity contribution in [3.05, 3.63) is 22.1 Å². The predicted octanol–water partition coefficient (Wildman–Crippen LogP) is 2.45. The highest BCUT2D eigenvalue weighted by molar-refractivity contribution is 14.2. The third-order valence-electron chi connectivity index (χ3n) is 1.43. The monoisotopic (exact) mass is 337 g/mol. The van der Waals surface area contributed by atoms with E-state index in [1.807, 2.05) is 0 Å². The smallest absolute Gasteiger partial charge is 0.345 e. The molecule has 0 atom stereocenters. The standard InChI is InChI=1S/C10H16IN3O2/c1-6-8(12)13-14-10(3,4)16-9(15)7(2)11-5/h6H,2,5,12H2,1,3-4H3/b8-6+,14-13?. The summed E-state index contributed by atoms with van der Waals surface area (Å²) in [5.74, 6) is -0.210. The van der Waals surface area contributed by atoms with Gasteiger partial charge in [-0.15, -0.1) is 10.2 Å². The van der Waals surface area contributed by atoms with Gasteiger partial charge in [-0.3, -0.25) is 0 Å². The molecule has 5 nitrogen and oxygen atoms in total. The summed E-state index contributed by atoms with van der Waals surface area (Å²) in [5, 5.41) is 7.53. The average Bonchev–Trinajstić information content (AvgIpc) is 2.24. The van der Waals surface area contributed by atoms with Gasteiger partial charge in [-0.25, -0.2) is 4.79 Å². The number of carbonyl (C=O) groups excluding carboxylic acids is 1. The summed E-state index contributed by atoms with van der Waals surface area (Å²) in [7, 11) is 0. The lowest BCUT2D eigenvalue weighted by Crippen LogP contribution is -2.25. The van der Waals surface area contributed by atoms with E-state index in [9.17, 15) is 4.79 Å². The summed E-state index contributed by atoms with van der Waals surface area (Å²) in [6.07, 6.45) is 1.60. The van der Waals surface area contributed by atoms with Gasteiger partial charge in [0.2, 0.25) is 5.72 Å². The molecule has 0 bridgehead atoms. The Balaban J connectivity index is 4.58. The van der Waals surface area contributed by atoms with Gasteiger partial charge in [0.1, 0.15) is 5.82 Å². The van der Waals surface area contributed by atoms with E-state index in [-0.39, 0.29) is 5.82 Å². The Bertz CT molecular complexity index is 359. The first-order chi connectivity index (χ1) is 7.32. The molecule has 0 heterocycles. The SMILES string of the molecule is C=IC(=C)C(=O)OC(C)(C)N=N/C(N)=C/C. The molecular formula is C10H16IN3O2. The summed E-state index contributed by atoms with van der Waals surface area (Å²) in [6.45, 7) is 8.54. The molecule has 0 unspecified atom stereocenters. The third-order valence-corrected chi connectivity index (χ3v) is 2.79. The van der Waals surface area contributed by atoms with Gasteiger partial charge in [0.05, 0.1) is 3.58 Å². The molecule has 0 aliphatic heterocycles. The molecule has 0 aromatic heterocycles. The van der Waals surface area contributed by atoms with Gasteiger partial charge in [0.15, 0.2) is 0 Å². The number of hydrogen-bond acceptors (Lipinski definition) is 5. The number of carbonyl (C=O) groups is 1. The maximum atomic E-state index is 11.4. The molecule has 90 valence electrons. The van der Waals surface area contributed by atoms with Crippen LogP contribution in [0.3, 0.4) is 0 Å². The van der Waals surface area contributed by atoms with E-state index in [2.05, 4.69) is 21.3 Å². The molecule has 0 amide bonds. The van der Waals surface area contributed by atoms with Crippen molar-refractivity contribution in [1.29, 1.82) is 0 Å². The van der Waals surface area contributed by atoms with Crippen molar-refractivity contribution in [2.75, 3.05) is 0 Å². The minimum atomic E-state index is -1.05. The fourth-order valence-electron chi connectivity index (χ4n) is 0.593. The molecule has 0 spiro atoms. The number of nitrogens with zero attached hydrogens (tertiary/aromatic N) is 2.